The van der Waals surface area contributed by atoms with Gasteiger partial charge in [-0.3, -0.25) is 14.4 Å². The molecule has 0 atom stereocenters. The molecule has 2 amide bonds. The lowest BCUT2D eigenvalue weighted by Gasteiger charge is -2.15. The molecule has 6 nitrogen and oxygen atoms in total. The minimum atomic E-state index is -0.692. The maximum absolute atomic E-state index is 13.3. The van der Waals surface area contributed by atoms with Crippen LogP contribution in [-0.4, -0.2) is 49.9 Å². The molecule has 0 fully saturated rings. The summed E-state index contributed by atoms with van der Waals surface area (Å²) < 4.78 is 17.7. The largest absolute Gasteiger partial charge is 0.468 e. The summed E-state index contributed by atoms with van der Waals surface area (Å²) in [4.78, 5) is 35.4. The first-order chi connectivity index (χ1) is 9.45. The number of hydrogen-bond acceptors (Lipinski definition) is 4. The summed E-state index contributed by atoms with van der Waals surface area (Å²) in [5.41, 5.74) is -0.143. The number of ether oxygens (including phenoxy) is 1. The highest BCUT2D eigenvalue weighted by atomic mass is 19.1. The van der Waals surface area contributed by atoms with Gasteiger partial charge in [-0.1, -0.05) is 12.1 Å². The van der Waals surface area contributed by atoms with Gasteiger partial charge in [0.25, 0.3) is 5.91 Å². The normalized spacial score (nSPS) is 9.75. The van der Waals surface area contributed by atoms with Gasteiger partial charge >= 0.3 is 5.97 Å². The third kappa shape index (κ3) is 4.34. The van der Waals surface area contributed by atoms with E-state index in [9.17, 15) is 18.8 Å². The highest BCUT2D eigenvalue weighted by molar-refractivity contribution is 5.96. The Labute approximate surface area is 115 Å². The predicted octanol–water partition coefficient (Wildman–Crippen LogP) is 0.187. The van der Waals surface area contributed by atoms with E-state index in [4.69, 9.17) is 0 Å². The molecule has 7 heteroatoms. The zero-order chi connectivity index (χ0) is 15.1. The van der Waals surface area contributed by atoms with Crippen molar-refractivity contribution in [3.05, 3.63) is 35.6 Å². The SMILES string of the molecule is COC(=O)CN(C)C(=O)CNC(=O)c1ccccc1F. The van der Waals surface area contributed by atoms with Crippen molar-refractivity contribution in [3.63, 3.8) is 0 Å². The Bertz CT molecular complexity index is 519. The van der Waals surface area contributed by atoms with Crippen LogP contribution in [0.2, 0.25) is 0 Å². The Hall–Kier alpha value is -2.44. The lowest BCUT2D eigenvalue weighted by atomic mass is 10.2. The fourth-order valence-electron chi connectivity index (χ4n) is 1.38. The number of esters is 1. The van der Waals surface area contributed by atoms with E-state index in [0.29, 0.717) is 0 Å². The van der Waals surface area contributed by atoms with Gasteiger partial charge in [-0.05, 0) is 12.1 Å². The second kappa shape index (κ2) is 7.22. The number of halogens is 1. The Kier molecular flexibility index (Phi) is 5.64. The topological polar surface area (TPSA) is 75.7 Å². The molecule has 1 N–H and O–H groups in total. The van der Waals surface area contributed by atoms with Crippen LogP contribution in [0, 0.1) is 5.82 Å². The van der Waals surface area contributed by atoms with Crippen molar-refractivity contribution in [1.82, 2.24) is 10.2 Å². The van der Waals surface area contributed by atoms with Crippen LogP contribution in [0.4, 0.5) is 4.39 Å². The maximum atomic E-state index is 13.3. The van der Waals surface area contributed by atoms with Crippen LogP contribution in [0.25, 0.3) is 0 Å². The third-order valence-corrected chi connectivity index (χ3v) is 2.54. The number of likely N-dealkylation sites (N-methyl/N-ethyl adjacent to an activating group) is 1. The molecule has 0 spiro atoms. The van der Waals surface area contributed by atoms with Crippen LogP contribution < -0.4 is 5.32 Å². The summed E-state index contributed by atoms with van der Waals surface area (Å²) in [5.74, 6) is -2.41. The maximum Gasteiger partial charge on any atom is 0.325 e. The fourth-order valence-corrected chi connectivity index (χ4v) is 1.38. The summed E-state index contributed by atoms with van der Waals surface area (Å²) in [6.07, 6.45) is 0. The van der Waals surface area contributed by atoms with Gasteiger partial charge in [0, 0.05) is 7.05 Å². The number of rotatable bonds is 5. The minimum Gasteiger partial charge on any atom is -0.468 e. The molecule has 0 aromatic heterocycles. The summed E-state index contributed by atoms with van der Waals surface area (Å²) in [6.45, 7) is -0.550. The summed E-state index contributed by atoms with van der Waals surface area (Å²) in [7, 11) is 2.61. The molecule has 1 aromatic carbocycles. The van der Waals surface area contributed by atoms with Gasteiger partial charge < -0.3 is 15.0 Å². The molecule has 108 valence electrons. The molecule has 0 aliphatic carbocycles. The van der Waals surface area contributed by atoms with E-state index in [0.717, 1.165) is 11.0 Å². The highest BCUT2D eigenvalue weighted by Crippen LogP contribution is 2.05. The van der Waals surface area contributed by atoms with Crippen molar-refractivity contribution in [2.24, 2.45) is 0 Å². The van der Waals surface area contributed by atoms with Crippen LogP contribution in [0.5, 0.6) is 0 Å². The number of carbonyl (C=O) groups excluding carboxylic acids is 3. The predicted molar refractivity (Wildman–Crippen MR) is 68.4 cm³/mol. The zero-order valence-corrected chi connectivity index (χ0v) is 11.2. The minimum absolute atomic E-state index is 0.143. The van der Waals surface area contributed by atoms with Crippen LogP contribution in [0.3, 0.4) is 0 Å². The molecule has 0 unspecified atom stereocenters. The van der Waals surface area contributed by atoms with Gasteiger partial charge in [0.05, 0.1) is 19.2 Å². The van der Waals surface area contributed by atoms with E-state index < -0.39 is 23.6 Å². The molecule has 0 aliphatic heterocycles. The smallest absolute Gasteiger partial charge is 0.325 e. The van der Waals surface area contributed by atoms with E-state index in [-0.39, 0.29) is 18.7 Å². The number of nitrogens with zero attached hydrogens (tertiary/aromatic N) is 1. The van der Waals surface area contributed by atoms with Crippen LogP contribution in [0.15, 0.2) is 24.3 Å². The van der Waals surface area contributed by atoms with Crippen molar-refractivity contribution in [1.29, 1.82) is 0 Å². The second-order valence-electron chi connectivity index (χ2n) is 3.99. The summed E-state index contributed by atoms with van der Waals surface area (Å²) >= 11 is 0. The Morgan fingerprint density at radius 3 is 2.55 bits per heavy atom. The van der Waals surface area contributed by atoms with Gasteiger partial charge in [-0.25, -0.2) is 4.39 Å². The second-order valence-corrected chi connectivity index (χ2v) is 3.99. The first kappa shape index (κ1) is 15.6. The van der Waals surface area contributed by atoms with E-state index in [1.165, 1.54) is 32.4 Å². The van der Waals surface area contributed by atoms with Gasteiger partial charge in [0.1, 0.15) is 12.4 Å². The molecule has 20 heavy (non-hydrogen) atoms. The monoisotopic (exact) mass is 282 g/mol. The van der Waals surface area contributed by atoms with E-state index in [1.807, 2.05) is 0 Å². The molecular weight excluding hydrogens is 267 g/mol. The average Bonchev–Trinajstić information content (AvgIpc) is 2.44. The first-order valence-corrected chi connectivity index (χ1v) is 5.79. The Morgan fingerprint density at radius 2 is 1.95 bits per heavy atom. The van der Waals surface area contributed by atoms with Gasteiger partial charge in [-0.15, -0.1) is 0 Å². The lowest BCUT2D eigenvalue weighted by Crippen LogP contribution is -2.40. The Balaban J connectivity index is 2.51. The molecule has 0 aliphatic rings. The number of nitrogens with one attached hydrogen (secondary N) is 1. The molecule has 0 saturated carbocycles. The molecule has 1 rings (SSSR count). The van der Waals surface area contributed by atoms with Crippen LogP contribution in [0.1, 0.15) is 10.4 Å². The third-order valence-electron chi connectivity index (χ3n) is 2.54. The van der Waals surface area contributed by atoms with E-state index in [1.54, 1.807) is 0 Å². The van der Waals surface area contributed by atoms with Gasteiger partial charge in [-0.2, -0.15) is 0 Å². The molecular formula is C13H15FN2O4. The number of benzene rings is 1. The molecule has 0 saturated heterocycles. The summed E-state index contributed by atoms with van der Waals surface area (Å²) in [6, 6.07) is 5.44. The molecule has 0 radical (unpaired) electrons. The van der Waals surface area contributed by atoms with Crippen molar-refractivity contribution >= 4 is 17.8 Å². The van der Waals surface area contributed by atoms with Crippen LogP contribution in [-0.2, 0) is 14.3 Å². The van der Waals surface area contributed by atoms with Crippen molar-refractivity contribution in [2.45, 2.75) is 0 Å². The number of methoxy groups -OCH3 is 1. The van der Waals surface area contributed by atoms with E-state index in [2.05, 4.69) is 10.1 Å². The first-order valence-electron chi connectivity index (χ1n) is 5.79. The van der Waals surface area contributed by atoms with E-state index >= 15 is 0 Å². The average molecular weight is 282 g/mol. The zero-order valence-electron chi connectivity index (χ0n) is 11.2. The van der Waals surface area contributed by atoms with Crippen LogP contribution >= 0.6 is 0 Å². The summed E-state index contributed by atoms with van der Waals surface area (Å²) in [5, 5.41) is 2.29. The Morgan fingerprint density at radius 1 is 1.30 bits per heavy atom. The standard InChI is InChI=1S/C13H15FN2O4/c1-16(8-12(18)20-2)11(17)7-15-13(19)9-5-3-4-6-10(9)14/h3-6H,7-8H2,1-2H3,(H,15,19). The quantitative estimate of drug-likeness (QED) is 0.782. The number of carbonyl (C=O) groups is 3. The number of amides is 2. The highest BCUT2D eigenvalue weighted by Gasteiger charge is 2.16. The molecule has 1 aromatic rings. The van der Waals surface area contributed by atoms with Gasteiger partial charge in [0.15, 0.2) is 0 Å². The number of hydrogen-bond donors (Lipinski definition) is 1. The van der Waals surface area contributed by atoms with Crippen molar-refractivity contribution < 1.29 is 23.5 Å². The van der Waals surface area contributed by atoms with Crippen molar-refractivity contribution in [3.8, 4) is 0 Å². The molecule has 0 bridgehead atoms. The van der Waals surface area contributed by atoms with Crippen molar-refractivity contribution in [2.75, 3.05) is 27.2 Å². The van der Waals surface area contributed by atoms with Gasteiger partial charge in [0.2, 0.25) is 5.91 Å². The fraction of sp³-hybridized carbons (Fsp3) is 0.308. The lowest BCUT2D eigenvalue weighted by molar-refractivity contribution is -0.145. The molecule has 0 heterocycles.